The number of hydrogen-bond acceptors (Lipinski definition) is 8. The summed E-state index contributed by atoms with van der Waals surface area (Å²) in [5.41, 5.74) is 1.88. The van der Waals surface area contributed by atoms with Gasteiger partial charge >= 0.3 is 0 Å². The van der Waals surface area contributed by atoms with Gasteiger partial charge in [-0.05, 0) is 25.0 Å². The van der Waals surface area contributed by atoms with E-state index in [0.29, 0.717) is 30.6 Å². The van der Waals surface area contributed by atoms with Gasteiger partial charge in [0.2, 0.25) is 5.76 Å². The van der Waals surface area contributed by atoms with E-state index in [4.69, 9.17) is 23.9 Å². The Bertz CT molecular complexity index is 923. The molecule has 162 valence electrons. The SMILES string of the molecule is COc1ccc(C)c2sc(N(CCCN3CCOCC3)C(=O)C3=COCCO3)nc12. The predicted octanol–water partition coefficient (Wildman–Crippen LogP) is 2.56. The number of amides is 1. The second kappa shape index (κ2) is 9.63. The second-order valence-electron chi connectivity index (χ2n) is 7.22. The molecule has 1 aromatic heterocycles. The molecule has 0 radical (unpaired) electrons. The molecule has 2 aliphatic heterocycles. The zero-order valence-electron chi connectivity index (χ0n) is 17.4. The second-order valence-corrected chi connectivity index (χ2v) is 8.20. The number of aryl methyl sites for hydroxylation is 1. The fourth-order valence-electron chi connectivity index (χ4n) is 3.55. The summed E-state index contributed by atoms with van der Waals surface area (Å²) in [6, 6.07) is 3.92. The average Bonchev–Trinajstić information content (AvgIpc) is 3.24. The first-order valence-corrected chi connectivity index (χ1v) is 11.0. The minimum absolute atomic E-state index is 0.218. The number of aromatic nitrogens is 1. The number of ether oxygens (including phenoxy) is 4. The molecule has 1 amide bonds. The summed E-state index contributed by atoms with van der Waals surface area (Å²) in [7, 11) is 1.63. The summed E-state index contributed by atoms with van der Waals surface area (Å²) in [4.78, 5) is 22.1. The van der Waals surface area contributed by atoms with Crippen LogP contribution < -0.4 is 9.64 Å². The molecule has 0 unspecified atom stereocenters. The van der Waals surface area contributed by atoms with Crippen LogP contribution in [0.25, 0.3) is 10.2 Å². The van der Waals surface area contributed by atoms with Crippen LogP contribution in [0, 0.1) is 6.92 Å². The van der Waals surface area contributed by atoms with Crippen molar-refractivity contribution >= 4 is 32.6 Å². The molecule has 0 atom stereocenters. The molecule has 0 bridgehead atoms. The van der Waals surface area contributed by atoms with E-state index < -0.39 is 0 Å². The fourth-order valence-corrected chi connectivity index (χ4v) is 4.63. The molecule has 9 heteroatoms. The number of carbonyl (C=O) groups is 1. The molecule has 1 aromatic carbocycles. The number of nitrogens with zero attached hydrogens (tertiary/aromatic N) is 3. The highest BCUT2D eigenvalue weighted by Gasteiger charge is 2.27. The standard InChI is InChI=1S/C21H27N3O5S/c1-15-4-5-16(26-2)18-19(15)30-21(22-18)24(20(25)17-14-28-12-13-29-17)7-3-6-23-8-10-27-11-9-23/h4-5,14H,3,6-13H2,1-2H3. The molecule has 0 N–H and O–H groups in total. The number of benzene rings is 1. The molecule has 3 heterocycles. The van der Waals surface area contributed by atoms with Crippen molar-refractivity contribution in [2.24, 2.45) is 0 Å². The maximum absolute atomic E-state index is 13.3. The van der Waals surface area contributed by atoms with Crippen LogP contribution in [0.15, 0.2) is 24.2 Å². The van der Waals surface area contributed by atoms with Gasteiger partial charge in [-0.3, -0.25) is 14.6 Å². The van der Waals surface area contributed by atoms with Crippen molar-refractivity contribution in [2.45, 2.75) is 13.3 Å². The predicted molar refractivity (Wildman–Crippen MR) is 115 cm³/mol. The molecule has 0 aliphatic carbocycles. The van der Waals surface area contributed by atoms with Crippen LogP contribution in [-0.2, 0) is 19.0 Å². The molecule has 4 rings (SSSR count). The van der Waals surface area contributed by atoms with Crippen molar-refractivity contribution in [1.82, 2.24) is 9.88 Å². The molecule has 1 saturated heterocycles. The van der Waals surface area contributed by atoms with Crippen molar-refractivity contribution in [1.29, 1.82) is 0 Å². The first kappa shape index (κ1) is 20.9. The van der Waals surface area contributed by atoms with Gasteiger partial charge in [0.25, 0.3) is 5.91 Å². The number of methoxy groups -OCH3 is 1. The maximum Gasteiger partial charge on any atom is 0.298 e. The monoisotopic (exact) mass is 433 g/mol. The quantitative estimate of drug-likeness (QED) is 0.664. The molecule has 1 fully saturated rings. The largest absolute Gasteiger partial charge is 0.494 e. The van der Waals surface area contributed by atoms with E-state index in [1.165, 1.54) is 17.6 Å². The van der Waals surface area contributed by atoms with Crippen LogP contribution in [0.5, 0.6) is 5.75 Å². The maximum atomic E-state index is 13.3. The van der Waals surface area contributed by atoms with Crippen molar-refractivity contribution in [3.05, 3.63) is 29.7 Å². The van der Waals surface area contributed by atoms with Gasteiger partial charge < -0.3 is 18.9 Å². The van der Waals surface area contributed by atoms with Crippen molar-refractivity contribution in [3.8, 4) is 5.75 Å². The number of hydrogen-bond donors (Lipinski definition) is 0. The fraction of sp³-hybridized carbons (Fsp3) is 0.524. The number of anilines is 1. The van der Waals surface area contributed by atoms with Gasteiger partial charge in [0.1, 0.15) is 30.7 Å². The first-order valence-electron chi connectivity index (χ1n) is 10.2. The van der Waals surface area contributed by atoms with Crippen molar-refractivity contribution < 1.29 is 23.7 Å². The Kier molecular flexibility index (Phi) is 6.71. The average molecular weight is 434 g/mol. The van der Waals surface area contributed by atoms with Crippen LogP contribution in [0.4, 0.5) is 5.13 Å². The summed E-state index contributed by atoms with van der Waals surface area (Å²) < 4.78 is 22.8. The van der Waals surface area contributed by atoms with Gasteiger partial charge in [-0.25, -0.2) is 4.98 Å². The van der Waals surface area contributed by atoms with E-state index in [1.54, 1.807) is 12.0 Å². The summed E-state index contributed by atoms with van der Waals surface area (Å²) in [5, 5.41) is 0.639. The lowest BCUT2D eigenvalue weighted by Crippen LogP contribution is -2.40. The van der Waals surface area contributed by atoms with E-state index >= 15 is 0 Å². The van der Waals surface area contributed by atoms with Crippen molar-refractivity contribution in [3.63, 3.8) is 0 Å². The Morgan fingerprint density at radius 3 is 2.83 bits per heavy atom. The van der Waals surface area contributed by atoms with Gasteiger partial charge in [0.15, 0.2) is 5.13 Å². The van der Waals surface area contributed by atoms with E-state index in [1.807, 2.05) is 19.1 Å². The van der Waals surface area contributed by atoms with E-state index in [2.05, 4.69) is 4.90 Å². The van der Waals surface area contributed by atoms with Crippen molar-refractivity contribution in [2.75, 3.05) is 64.6 Å². The molecule has 2 aliphatic rings. The minimum Gasteiger partial charge on any atom is -0.494 e. The molecule has 0 saturated carbocycles. The van der Waals surface area contributed by atoms with Crippen LogP contribution in [-0.4, -0.2) is 75.5 Å². The summed E-state index contributed by atoms with van der Waals surface area (Å²) >= 11 is 1.50. The Hall–Kier alpha value is -2.36. The lowest BCUT2D eigenvalue weighted by Gasteiger charge is -2.28. The molecule has 2 aromatic rings. The number of thiazole rings is 1. The van der Waals surface area contributed by atoms with Crippen LogP contribution in [0.3, 0.4) is 0 Å². The molecular formula is C21H27N3O5S. The Labute approximate surface area is 180 Å². The van der Waals surface area contributed by atoms with Crippen LogP contribution >= 0.6 is 11.3 Å². The van der Waals surface area contributed by atoms with Crippen LogP contribution in [0.1, 0.15) is 12.0 Å². The lowest BCUT2D eigenvalue weighted by atomic mass is 10.2. The molecule has 0 spiro atoms. The smallest absolute Gasteiger partial charge is 0.298 e. The molecular weight excluding hydrogens is 406 g/mol. The number of rotatable bonds is 7. The minimum atomic E-state index is -0.229. The highest BCUT2D eigenvalue weighted by molar-refractivity contribution is 7.22. The highest BCUT2D eigenvalue weighted by Crippen LogP contribution is 2.37. The van der Waals surface area contributed by atoms with E-state index in [0.717, 1.165) is 55.0 Å². The van der Waals surface area contributed by atoms with E-state index in [9.17, 15) is 4.79 Å². The van der Waals surface area contributed by atoms with Gasteiger partial charge in [0, 0.05) is 26.2 Å². The third kappa shape index (κ3) is 4.53. The first-order chi connectivity index (χ1) is 14.7. The Balaban J connectivity index is 1.59. The van der Waals surface area contributed by atoms with Gasteiger partial charge in [0.05, 0.1) is 25.0 Å². The summed E-state index contributed by atoms with van der Waals surface area (Å²) in [6.07, 6.45) is 2.23. The van der Waals surface area contributed by atoms with Gasteiger partial charge in [-0.1, -0.05) is 17.4 Å². The Morgan fingerprint density at radius 1 is 1.27 bits per heavy atom. The highest BCUT2D eigenvalue weighted by atomic mass is 32.1. The normalized spacial score (nSPS) is 17.2. The molecule has 30 heavy (non-hydrogen) atoms. The molecule has 8 nitrogen and oxygen atoms in total. The number of morpholine rings is 1. The zero-order chi connectivity index (χ0) is 20.9. The number of carbonyl (C=O) groups excluding carboxylic acids is 1. The zero-order valence-corrected chi connectivity index (χ0v) is 18.2. The third-order valence-electron chi connectivity index (χ3n) is 5.21. The number of fused-ring (bicyclic) bond motifs is 1. The van der Waals surface area contributed by atoms with Crippen LogP contribution in [0.2, 0.25) is 0 Å². The summed E-state index contributed by atoms with van der Waals surface area (Å²) in [5.74, 6) is 0.693. The van der Waals surface area contributed by atoms with Gasteiger partial charge in [-0.15, -0.1) is 0 Å². The van der Waals surface area contributed by atoms with E-state index in [-0.39, 0.29) is 11.7 Å². The third-order valence-corrected chi connectivity index (χ3v) is 6.42. The topological polar surface area (TPSA) is 73.4 Å². The summed E-state index contributed by atoms with van der Waals surface area (Å²) in [6.45, 7) is 7.66. The van der Waals surface area contributed by atoms with Gasteiger partial charge in [-0.2, -0.15) is 0 Å². The lowest BCUT2D eigenvalue weighted by molar-refractivity contribution is -0.119. The Morgan fingerprint density at radius 2 is 2.10 bits per heavy atom.